The fourth-order valence-electron chi connectivity index (χ4n) is 2.02. The van der Waals surface area contributed by atoms with Gasteiger partial charge in [-0.25, -0.2) is 0 Å². The number of ether oxygens (including phenoxy) is 2. The highest BCUT2D eigenvalue weighted by atomic mass is 16.5. The van der Waals surface area contributed by atoms with Crippen molar-refractivity contribution in [2.45, 2.75) is 6.42 Å². The molecule has 1 aromatic carbocycles. The number of anilines is 2. The van der Waals surface area contributed by atoms with Gasteiger partial charge in [-0.3, -0.25) is 9.78 Å². The number of aromatic nitrogens is 1. The third kappa shape index (κ3) is 2.89. The third-order valence-corrected chi connectivity index (χ3v) is 3.07. The first-order chi connectivity index (χ1) is 10.2. The van der Waals surface area contributed by atoms with E-state index in [-0.39, 0.29) is 5.91 Å². The lowest BCUT2D eigenvalue weighted by Gasteiger charge is -2.13. The number of carbonyl (C=O) groups excluding carboxylic acids is 1. The second-order valence-electron chi connectivity index (χ2n) is 4.61. The summed E-state index contributed by atoms with van der Waals surface area (Å²) in [5.74, 6) is 0.857. The Hall–Kier alpha value is -2.76. The summed E-state index contributed by atoms with van der Waals surface area (Å²) in [6, 6.07) is 8.47. The normalized spacial score (nSPS) is 13.3. The third-order valence-electron chi connectivity index (χ3n) is 3.07. The Kier molecular flexibility index (Phi) is 3.59. The topological polar surface area (TPSA) is 86.5 Å². The highest BCUT2D eigenvalue weighted by Gasteiger charge is 2.16. The molecule has 0 saturated heterocycles. The van der Waals surface area contributed by atoms with Gasteiger partial charge in [-0.05, 0) is 12.1 Å². The number of benzene rings is 1. The van der Waals surface area contributed by atoms with Gasteiger partial charge in [0.25, 0.3) is 5.91 Å². The lowest BCUT2D eigenvalue weighted by Crippen LogP contribution is -2.14. The number of amides is 1. The van der Waals surface area contributed by atoms with E-state index in [4.69, 9.17) is 15.2 Å². The molecule has 21 heavy (non-hydrogen) atoms. The van der Waals surface area contributed by atoms with Crippen molar-refractivity contribution >= 4 is 17.3 Å². The van der Waals surface area contributed by atoms with Crippen LogP contribution >= 0.6 is 0 Å². The van der Waals surface area contributed by atoms with E-state index in [0.29, 0.717) is 41.8 Å². The van der Waals surface area contributed by atoms with Crippen LogP contribution in [0.25, 0.3) is 0 Å². The molecule has 3 rings (SSSR count). The summed E-state index contributed by atoms with van der Waals surface area (Å²) in [6.07, 6.45) is 2.37. The van der Waals surface area contributed by atoms with E-state index < -0.39 is 0 Å². The van der Waals surface area contributed by atoms with Crippen molar-refractivity contribution in [3.8, 4) is 11.5 Å². The molecular weight excluding hydrogens is 270 g/mol. The number of nitrogens with one attached hydrogen (secondary N) is 1. The smallest absolute Gasteiger partial charge is 0.274 e. The van der Waals surface area contributed by atoms with Crippen molar-refractivity contribution in [1.29, 1.82) is 0 Å². The first-order valence-electron chi connectivity index (χ1n) is 6.65. The monoisotopic (exact) mass is 285 g/mol. The molecule has 108 valence electrons. The Morgan fingerprint density at radius 1 is 1.19 bits per heavy atom. The van der Waals surface area contributed by atoms with E-state index in [2.05, 4.69) is 10.3 Å². The van der Waals surface area contributed by atoms with Crippen LogP contribution in [0.4, 0.5) is 11.4 Å². The average molecular weight is 285 g/mol. The predicted octanol–water partition coefficient (Wildman–Crippen LogP) is 2.08. The van der Waals surface area contributed by atoms with Crippen LogP contribution in [0.5, 0.6) is 11.5 Å². The maximum absolute atomic E-state index is 12.1. The summed E-state index contributed by atoms with van der Waals surface area (Å²) in [6.45, 7) is 1.16. The molecular formula is C15H15N3O3. The molecule has 0 saturated carbocycles. The summed E-state index contributed by atoms with van der Waals surface area (Å²) >= 11 is 0. The van der Waals surface area contributed by atoms with E-state index >= 15 is 0 Å². The summed E-state index contributed by atoms with van der Waals surface area (Å²) in [7, 11) is 0. The van der Waals surface area contributed by atoms with Gasteiger partial charge in [0, 0.05) is 24.8 Å². The molecule has 0 radical (unpaired) electrons. The van der Waals surface area contributed by atoms with Crippen LogP contribution < -0.4 is 20.5 Å². The standard InChI is InChI=1S/C15H15N3O3/c16-10-8-13-14(21-7-3-6-20-13)9-12(10)18-15(19)11-4-1-2-5-17-11/h1-2,4-5,8-9H,3,6-7,16H2,(H,18,19). The van der Waals surface area contributed by atoms with Gasteiger partial charge in [0.05, 0.1) is 24.6 Å². The number of rotatable bonds is 2. The van der Waals surface area contributed by atoms with Crippen LogP contribution in [-0.2, 0) is 0 Å². The minimum atomic E-state index is -0.322. The van der Waals surface area contributed by atoms with Crippen LogP contribution in [0.1, 0.15) is 16.9 Å². The molecule has 0 atom stereocenters. The van der Waals surface area contributed by atoms with Gasteiger partial charge in [0.2, 0.25) is 0 Å². The van der Waals surface area contributed by atoms with Crippen molar-refractivity contribution in [3.63, 3.8) is 0 Å². The predicted molar refractivity (Wildman–Crippen MR) is 78.7 cm³/mol. The fraction of sp³-hybridized carbons (Fsp3) is 0.200. The highest BCUT2D eigenvalue weighted by Crippen LogP contribution is 2.36. The Labute approximate surface area is 121 Å². The lowest BCUT2D eigenvalue weighted by atomic mass is 10.2. The van der Waals surface area contributed by atoms with Gasteiger partial charge in [-0.2, -0.15) is 0 Å². The van der Waals surface area contributed by atoms with Gasteiger partial charge in [0.15, 0.2) is 11.5 Å². The van der Waals surface area contributed by atoms with Crippen molar-refractivity contribution in [1.82, 2.24) is 4.98 Å². The lowest BCUT2D eigenvalue weighted by molar-refractivity contribution is 0.102. The van der Waals surface area contributed by atoms with Crippen LogP contribution in [0.2, 0.25) is 0 Å². The first kappa shape index (κ1) is 13.2. The summed E-state index contributed by atoms with van der Waals surface area (Å²) in [4.78, 5) is 16.1. The zero-order valence-electron chi connectivity index (χ0n) is 11.3. The van der Waals surface area contributed by atoms with Crippen molar-refractivity contribution < 1.29 is 14.3 Å². The largest absolute Gasteiger partial charge is 0.489 e. The van der Waals surface area contributed by atoms with Crippen LogP contribution in [0.3, 0.4) is 0 Å². The van der Waals surface area contributed by atoms with Crippen molar-refractivity contribution in [3.05, 3.63) is 42.2 Å². The molecule has 0 unspecified atom stereocenters. The summed E-state index contributed by atoms with van der Waals surface area (Å²) in [5.41, 5.74) is 7.18. The van der Waals surface area contributed by atoms with E-state index in [1.54, 1.807) is 36.5 Å². The van der Waals surface area contributed by atoms with E-state index in [9.17, 15) is 4.79 Å². The molecule has 0 spiro atoms. The number of carbonyl (C=O) groups is 1. The molecule has 0 aliphatic carbocycles. The average Bonchev–Trinajstić information content (AvgIpc) is 2.73. The molecule has 1 aliphatic rings. The number of hydrogen-bond acceptors (Lipinski definition) is 5. The van der Waals surface area contributed by atoms with E-state index in [0.717, 1.165) is 6.42 Å². The maximum atomic E-state index is 12.1. The van der Waals surface area contributed by atoms with E-state index in [1.807, 2.05) is 0 Å². The first-order valence-corrected chi connectivity index (χ1v) is 6.65. The number of hydrogen-bond donors (Lipinski definition) is 2. The number of nitrogen functional groups attached to an aromatic ring is 1. The van der Waals surface area contributed by atoms with Gasteiger partial charge < -0.3 is 20.5 Å². The van der Waals surface area contributed by atoms with Crippen LogP contribution in [0.15, 0.2) is 36.5 Å². The van der Waals surface area contributed by atoms with Gasteiger partial charge in [0.1, 0.15) is 5.69 Å². The zero-order valence-corrected chi connectivity index (χ0v) is 11.3. The molecule has 2 aromatic rings. The van der Waals surface area contributed by atoms with Gasteiger partial charge in [-0.1, -0.05) is 6.07 Å². The van der Waals surface area contributed by atoms with Gasteiger partial charge >= 0.3 is 0 Å². The Morgan fingerprint density at radius 3 is 2.67 bits per heavy atom. The minimum absolute atomic E-state index is 0.322. The van der Waals surface area contributed by atoms with Crippen LogP contribution in [-0.4, -0.2) is 24.1 Å². The number of nitrogens with zero attached hydrogens (tertiary/aromatic N) is 1. The molecule has 0 bridgehead atoms. The Bertz CT molecular complexity index is 659. The fourth-order valence-corrected chi connectivity index (χ4v) is 2.02. The molecule has 1 amide bonds. The van der Waals surface area contributed by atoms with Crippen molar-refractivity contribution in [2.24, 2.45) is 0 Å². The molecule has 2 heterocycles. The second kappa shape index (κ2) is 5.70. The molecule has 3 N–H and O–H groups in total. The second-order valence-corrected chi connectivity index (χ2v) is 4.61. The highest BCUT2D eigenvalue weighted by molar-refractivity contribution is 6.04. The van der Waals surface area contributed by atoms with Crippen LogP contribution in [0, 0.1) is 0 Å². The zero-order chi connectivity index (χ0) is 14.7. The number of fused-ring (bicyclic) bond motifs is 1. The maximum Gasteiger partial charge on any atom is 0.274 e. The Balaban J connectivity index is 1.86. The molecule has 1 aliphatic heterocycles. The summed E-state index contributed by atoms with van der Waals surface area (Å²) < 4.78 is 11.1. The number of pyridine rings is 1. The van der Waals surface area contributed by atoms with Gasteiger partial charge in [-0.15, -0.1) is 0 Å². The van der Waals surface area contributed by atoms with E-state index in [1.165, 1.54) is 0 Å². The quantitative estimate of drug-likeness (QED) is 0.825. The Morgan fingerprint density at radius 2 is 1.95 bits per heavy atom. The van der Waals surface area contributed by atoms with Crippen molar-refractivity contribution in [2.75, 3.05) is 24.3 Å². The minimum Gasteiger partial charge on any atom is -0.489 e. The molecule has 0 fully saturated rings. The summed E-state index contributed by atoms with van der Waals surface area (Å²) in [5, 5.41) is 2.74. The number of nitrogens with two attached hydrogens (primary N) is 1. The SMILES string of the molecule is Nc1cc2c(cc1NC(=O)c1ccccn1)OCCCO2. The molecule has 6 nitrogen and oxygen atoms in total. The molecule has 6 heteroatoms. The molecule has 1 aromatic heterocycles.